The molecule has 0 saturated carbocycles. The molecule has 0 aliphatic carbocycles. The van der Waals surface area contributed by atoms with E-state index in [2.05, 4.69) is 10.6 Å². The monoisotopic (exact) mass is 605 g/mol. The first kappa shape index (κ1) is 29.6. The number of anilines is 3. The van der Waals surface area contributed by atoms with Crippen molar-refractivity contribution in [3.05, 3.63) is 87.2 Å². The molecule has 0 spiro atoms. The molecular formula is C25H18Cl4F3N3O3. The standard InChI is InChI=1S/C25H18Cl4F3N3O3/c1-11(36)33-22-18(31)7-8-19(21(22)32)35-23(37)14-10-13(4-5-15(14)26)34-24(38)20(25(2,28)29)12-3-6-17(30)16(27)9-12/h3-10,20H,1-2H3,(H,33,36)(H,34,38)(H,35,37)/t20-/m0/s1. The summed E-state index contributed by atoms with van der Waals surface area (Å²) in [5, 5.41) is 6.54. The summed E-state index contributed by atoms with van der Waals surface area (Å²) in [6.45, 7) is 2.43. The highest BCUT2D eigenvalue weighted by molar-refractivity contribution is 6.50. The average molecular weight is 607 g/mol. The summed E-state index contributed by atoms with van der Waals surface area (Å²) in [5.41, 5.74) is -1.01. The number of carbonyl (C=O) groups is 3. The number of benzene rings is 3. The number of alkyl halides is 2. The summed E-state index contributed by atoms with van der Waals surface area (Å²) in [7, 11) is 0. The molecule has 3 aromatic rings. The van der Waals surface area contributed by atoms with Gasteiger partial charge in [0.1, 0.15) is 21.7 Å². The van der Waals surface area contributed by atoms with Crippen molar-refractivity contribution in [2.75, 3.05) is 16.0 Å². The van der Waals surface area contributed by atoms with Crippen LogP contribution in [0.3, 0.4) is 0 Å². The van der Waals surface area contributed by atoms with Gasteiger partial charge in [-0.05, 0) is 55.0 Å². The van der Waals surface area contributed by atoms with Crippen LogP contribution in [0.2, 0.25) is 10.0 Å². The molecule has 3 rings (SSSR count). The number of hydrogen-bond donors (Lipinski definition) is 3. The topological polar surface area (TPSA) is 87.3 Å². The molecule has 0 aliphatic rings. The van der Waals surface area contributed by atoms with E-state index in [1.54, 1.807) is 0 Å². The minimum atomic E-state index is -1.65. The number of carbonyl (C=O) groups excluding carboxylic acids is 3. The van der Waals surface area contributed by atoms with Gasteiger partial charge in [-0.25, -0.2) is 13.2 Å². The van der Waals surface area contributed by atoms with Crippen LogP contribution < -0.4 is 16.0 Å². The van der Waals surface area contributed by atoms with Crippen molar-refractivity contribution in [1.29, 1.82) is 0 Å². The minimum absolute atomic E-state index is 0.0495. The van der Waals surface area contributed by atoms with Gasteiger partial charge in [-0.3, -0.25) is 14.4 Å². The zero-order valence-electron chi connectivity index (χ0n) is 19.6. The van der Waals surface area contributed by atoms with Gasteiger partial charge >= 0.3 is 0 Å². The molecule has 0 bridgehead atoms. The van der Waals surface area contributed by atoms with Crippen molar-refractivity contribution in [2.24, 2.45) is 0 Å². The predicted octanol–water partition coefficient (Wildman–Crippen LogP) is 7.54. The van der Waals surface area contributed by atoms with E-state index in [9.17, 15) is 27.6 Å². The van der Waals surface area contributed by atoms with E-state index >= 15 is 0 Å². The molecule has 0 unspecified atom stereocenters. The maximum Gasteiger partial charge on any atom is 0.257 e. The van der Waals surface area contributed by atoms with E-state index < -0.39 is 56.8 Å². The van der Waals surface area contributed by atoms with Gasteiger partial charge in [0.2, 0.25) is 11.8 Å². The lowest BCUT2D eigenvalue weighted by atomic mass is 9.94. The quantitative estimate of drug-likeness (QED) is 0.243. The molecule has 3 amide bonds. The van der Waals surface area contributed by atoms with Crippen molar-refractivity contribution < 1.29 is 27.6 Å². The van der Waals surface area contributed by atoms with Crippen LogP contribution in [-0.4, -0.2) is 22.1 Å². The smallest absolute Gasteiger partial charge is 0.257 e. The molecule has 1 atom stereocenters. The third-order valence-electron chi connectivity index (χ3n) is 5.16. The first-order valence-corrected chi connectivity index (χ1v) is 12.2. The van der Waals surface area contributed by atoms with Gasteiger partial charge in [0.05, 0.1) is 27.2 Å². The summed E-state index contributed by atoms with van der Waals surface area (Å²) in [4.78, 5) is 37.3. The van der Waals surface area contributed by atoms with Gasteiger partial charge in [-0.1, -0.05) is 29.3 Å². The van der Waals surface area contributed by atoms with Crippen molar-refractivity contribution >= 4 is 81.2 Å². The van der Waals surface area contributed by atoms with Crippen molar-refractivity contribution in [3.63, 3.8) is 0 Å². The second kappa shape index (κ2) is 11.8. The third kappa shape index (κ3) is 6.91. The van der Waals surface area contributed by atoms with E-state index in [0.29, 0.717) is 0 Å². The molecular weight excluding hydrogens is 589 g/mol. The highest BCUT2D eigenvalue weighted by Crippen LogP contribution is 2.39. The molecule has 0 heterocycles. The fraction of sp³-hybridized carbons (Fsp3) is 0.160. The van der Waals surface area contributed by atoms with Crippen molar-refractivity contribution in [1.82, 2.24) is 0 Å². The average Bonchev–Trinajstić information content (AvgIpc) is 2.81. The van der Waals surface area contributed by atoms with E-state index in [1.165, 1.54) is 37.3 Å². The van der Waals surface area contributed by atoms with Crippen LogP contribution >= 0.6 is 46.4 Å². The summed E-state index contributed by atoms with van der Waals surface area (Å²) < 4.78 is 40.6. The lowest BCUT2D eigenvalue weighted by Crippen LogP contribution is -2.32. The second-order valence-corrected chi connectivity index (χ2v) is 10.7. The highest BCUT2D eigenvalue weighted by atomic mass is 35.5. The number of amides is 3. The summed E-state index contributed by atoms with van der Waals surface area (Å²) in [5.74, 6) is -6.48. The molecule has 3 aromatic carbocycles. The number of hydrogen-bond acceptors (Lipinski definition) is 3. The van der Waals surface area contributed by atoms with Gasteiger partial charge in [0.25, 0.3) is 5.91 Å². The third-order valence-corrected chi connectivity index (χ3v) is 6.22. The predicted molar refractivity (Wildman–Crippen MR) is 143 cm³/mol. The van der Waals surface area contributed by atoms with Crippen LogP contribution in [0.15, 0.2) is 48.5 Å². The Bertz CT molecular complexity index is 1430. The zero-order valence-corrected chi connectivity index (χ0v) is 22.6. The Balaban J connectivity index is 1.88. The highest BCUT2D eigenvalue weighted by Gasteiger charge is 2.37. The Kier molecular flexibility index (Phi) is 9.20. The SMILES string of the molecule is CC(=O)Nc1c(F)ccc(NC(=O)c2cc(NC(=O)[C@H](c3ccc(F)c(Cl)c3)C(C)(Cl)Cl)ccc2Cl)c1F. The Morgan fingerprint density at radius 3 is 2.11 bits per heavy atom. The fourth-order valence-corrected chi connectivity index (χ4v) is 4.33. The number of nitrogens with one attached hydrogen (secondary N) is 3. The van der Waals surface area contributed by atoms with Gasteiger partial charge in [0.15, 0.2) is 5.82 Å². The van der Waals surface area contributed by atoms with E-state index in [1.807, 2.05) is 5.32 Å². The maximum absolute atomic E-state index is 14.7. The normalized spacial score (nSPS) is 12.0. The van der Waals surface area contributed by atoms with E-state index in [0.717, 1.165) is 25.1 Å². The van der Waals surface area contributed by atoms with Gasteiger partial charge < -0.3 is 16.0 Å². The largest absolute Gasteiger partial charge is 0.325 e. The number of halogens is 7. The Labute approximate surface area is 235 Å². The summed E-state index contributed by atoms with van der Waals surface area (Å²) >= 11 is 24.5. The molecule has 0 saturated heterocycles. The van der Waals surface area contributed by atoms with Crippen LogP contribution in [0.1, 0.15) is 35.7 Å². The fourth-order valence-electron chi connectivity index (χ4n) is 3.49. The van der Waals surface area contributed by atoms with Crippen LogP contribution in [0.4, 0.5) is 30.2 Å². The Hall–Kier alpha value is -2.98. The first-order valence-electron chi connectivity index (χ1n) is 10.7. The summed E-state index contributed by atoms with van der Waals surface area (Å²) in [6.07, 6.45) is 0. The molecule has 13 heteroatoms. The minimum Gasteiger partial charge on any atom is -0.325 e. The lowest BCUT2D eigenvalue weighted by molar-refractivity contribution is -0.118. The molecule has 0 radical (unpaired) electrons. The van der Waals surface area contributed by atoms with Gasteiger partial charge in [-0.2, -0.15) is 0 Å². The number of rotatable bonds is 7. The maximum atomic E-state index is 14.7. The van der Waals surface area contributed by atoms with Gasteiger partial charge in [-0.15, -0.1) is 23.2 Å². The summed E-state index contributed by atoms with van der Waals surface area (Å²) in [6, 6.07) is 9.32. The lowest BCUT2D eigenvalue weighted by Gasteiger charge is -2.26. The molecule has 0 aliphatic heterocycles. The Morgan fingerprint density at radius 2 is 1.50 bits per heavy atom. The molecule has 0 fully saturated rings. The molecule has 6 nitrogen and oxygen atoms in total. The zero-order chi connectivity index (χ0) is 28.4. The van der Waals surface area contributed by atoms with Crippen molar-refractivity contribution in [2.45, 2.75) is 24.1 Å². The molecule has 200 valence electrons. The molecule has 38 heavy (non-hydrogen) atoms. The van der Waals surface area contributed by atoms with Crippen molar-refractivity contribution in [3.8, 4) is 0 Å². The molecule has 0 aromatic heterocycles. The second-order valence-electron chi connectivity index (χ2n) is 8.17. The van der Waals surface area contributed by atoms with E-state index in [-0.39, 0.29) is 26.9 Å². The first-order chi connectivity index (χ1) is 17.7. The molecule has 3 N–H and O–H groups in total. The van der Waals surface area contributed by atoms with Crippen LogP contribution in [0.25, 0.3) is 0 Å². The Morgan fingerprint density at radius 1 is 0.842 bits per heavy atom. The van der Waals surface area contributed by atoms with Crippen LogP contribution in [0, 0.1) is 17.5 Å². The van der Waals surface area contributed by atoms with Crippen LogP contribution in [-0.2, 0) is 9.59 Å². The van der Waals surface area contributed by atoms with E-state index in [4.69, 9.17) is 46.4 Å². The van der Waals surface area contributed by atoms with Crippen LogP contribution in [0.5, 0.6) is 0 Å². The van der Waals surface area contributed by atoms with Gasteiger partial charge in [0, 0.05) is 12.6 Å².